The Kier molecular flexibility index (Phi) is 3.34. The van der Waals surface area contributed by atoms with Crippen molar-refractivity contribution >= 4 is 17.6 Å². The van der Waals surface area contributed by atoms with Crippen molar-refractivity contribution in [2.45, 2.75) is 37.8 Å². The molecule has 2 aliphatic rings. The third kappa shape index (κ3) is 2.48. The van der Waals surface area contributed by atoms with E-state index in [1.54, 1.807) is 0 Å². The van der Waals surface area contributed by atoms with Crippen LogP contribution in [0.2, 0.25) is 0 Å². The minimum absolute atomic E-state index is 0.00545. The number of anilines is 1. The molecule has 0 unspecified atom stereocenters. The maximum atomic E-state index is 12.2. The zero-order chi connectivity index (χ0) is 14.1. The average molecular weight is 274 g/mol. The summed E-state index contributed by atoms with van der Waals surface area (Å²) in [5.74, 6) is -1.10. The fourth-order valence-corrected chi connectivity index (χ4v) is 3.09. The fourth-order valence-electron chi connectivity index (χ4n) is 3.09. The number of hydrogen-bond donors (Lipinski definition) is 3. The molecule has 20 heavy (non-hydrogen) atoms. The van der Waals surface area contributed by atoms with Crippen LogP contribution in [0.4, 0.5) is 5.69 Å². The molecule has 1 aromatic rings. The summed E-state index contributed by atoms with van der Waals surface area (Å²) in [7, 11) is 0. The predicted octanol–water partition coefficient (Wildman–Crippen LogP) is 1.39. The zero-order valence-electron chi connectivity index (χ0n) is 11.1. The van der Waals surface area contributed by atoms with Crippen LogP contribution in [0.25, 0.3) is 0 Å². The van der Waals surface area contributed by atoms with E-state index in [9.17, 15) is 9.59 Å². The normalized spacial score (nSPS) is 27.7. The van der Waals surface area contributed by atoms with Gasteiger partial charge in [0.25, 0.3) is 0 Å². The first-order valence-electron chi connectivity index (χ1n) is 7.01. The summed E-state index contributed by atoms with van der Waals surface area (Å²) in [5, 5.41) is 15.2. The Labute approximate surface area is 117 Å². The molecule has 5 nitrogen and oxygen atoms in total. The molecule has 3 atom stereocenters. The van der Waals surface area contributed by atoms with Gasteiger partial charge in [-0.05, 0) is 30.9 Å². The van der Waals surface area contributed by atoms with Gasteiger partial charge < -0.3 is 15.7 Å². The molecule has 1 aliphatic heterocycles. The van der Waals surface area contributed by atoms with E-state index in [0.29, 0.717) is 19.3 Å². The number of carboxylic acid groups (broad SMARTS) is 1. The summed E-state index contributed by atoms with van der Waals surface area (Å²) in [4.78, 5) is 23.1. The minimum Gasteiger partial charge on any atom is -0.481 e. The highest BCUT2D eigenvalue weighted by molar-refractivity contribution is 5.87. The van der Waals surface area contributed by atoms with Gasteiger partial charge in [-0.15, -0.1) is 0 Å². The van der Waals surface area contributed by atoms with Crippen LogP contribution in [0.1, 0.15) is 24.8 Å². The second-order valence-corrected chi connectivity index (χ2v) is 5.61. The summed E-state index contributed by atoms with van der Waals surface area (Å²) >= 11 is 0. The van der Waals surface area contributed by atoms with Crippen LogP contribution in [0.3, 0.4) is 0 Å². The number of amides is 1. The van der Waals surface area contributed by atoms with Gasteiger partial charge in [0.05, 0.1) is 5.92 Å². The molecule has 1 aliphatic carbocycles. The Balaban J connectivity index is 1.56. The highest BCUT2D eigenvalue weighted by Crippen LogP contribution is 2.28. The quantitative estimate of drug-likeness (QED) is 0.778. The predicted molar refractivity (Wildman–Crippen MR) is 74.5 cm³/mol. The molecule has 0 saturated heterocycles. The zero-order valence-corrected chi connectivity index (χ0v) is 11.1. The second-order valence-electron chi connectivity index (χ2n) is 5.61. The number of rotatable bonds is 3. The number of para-hydroxylation sites is 1. The van der Waals surface area contributed by atoms with Gasteiger partial charge in [-0.25, -0.2) is 0 Å². The smallest absolute Gasteiger partial charge is 0.306 e. The van der Waals surface area contributed by atoms with Crippen molar-refractivity contribution in [3.8, 4) is 0 Å². The summed E-state index contributed by atoms with van der Waals surface area (Å²) in [5.41, 5.74) is 2.17. The summed E-state index contributed by atoms with van der Waals surface area (Å²) in [6, 6.07) is 7.66. The number of carbonyl (C=O) groups excluding carboxylic acids is 1. The molecule has 3 N–H and O–H groups in total. The fraction of sp³-hybridized carbons (Fsp3) is 0.467. The molecule has 106 valence electrons. The first kappa shape index (κ1) is 13.0. The Morgan fingerprint density at radius 2 is 2.05 bits per heavy atom. The summed E-state index contributed by atoms with van der Waals surface area (Å²) in [6.07, 6.45) is 2.64. The van der Waals surface area contributed by atoms with Crippen LogP contribution in [-0.4, -0.2) is 29.1 Å². The van der Waals surface area contributed by atoms with E-state index in [1.165, 1.54) is 0 Å². The highest BCUT2D eigenvalue weighted by atomic mass is 16.4. The number of carbonyl (C=O) groups is 2. The molecule has 1 amide bonds. The van der Waals surface area contributed by atoms with Gasteiger partial charge in [0, 0.05) is 18.2 Å². The first-order chi connectivity index (χ1) is 9.63. The van der Waals surface area contributed by atoms with E-state index in [-0.39, 0.29) is 23.9 Å². The van der Waals surface area contributed by atoms with E-state index in [2.05, 4.69) is 10.6 Å². The molecule has 1 heterocycles. The number of aliphatic carboxylic acids is 1. The van der Waals surface area contributed by atoms with E-state index in [4.69, 9.17) is 5.11 Å². The molecular weight excluding hydrogens is 256 g/mol. The number of nitrogens with one attached hydrogen (secondary N) is 2. The van der Waals surface area contributed by atoms with E-state index < -0.39 is 5.97 Å². The van der Waals surface area contributed by atoms with Crippen LogP contribution >= 0.6 is 0 Å². The maximum absolute atomic E-state index is 12.2. The maximum Gasteiger partial charge on any atom is 0.306 e. The lowest BCUT2D eigenvalue weighted by Gasteiger charge is -2.16. The van der Waals surface area contributed by atoms with Crippen molar-refractivity contribution in [3.63, 3.8) is 0 Å². The molecule has 1 saturated carbocycles. The van der Waals surface area contributed by atoms with E-state index >= 15 is 0 Å². The third-order valence-corrected chi connectivity index (χ3v) is 4.22. The molecular formula is C15H18N2O3. The van der Waals surface area contributed by atoms with Crippen molar-refractivity contribution in [1.29, 1.82) is 0 Å². The van der Waals surface area contributed by atoms with E-state index in [1.807, 2.05) is 24.3 Å². The van der Waals surface area contributed by atoms with Gasteiger partial charge in [0.2, 0.25) is 5.91 Å². The van der Waals surface area contributed by atoms with Crippen LogP contribution in [0.5, 0.6) is 0 Å². The van der Waals surface area contributed by atoms with Gasteiger partial charge in [-0.2, -0.15) is 0 Å². The molecule has 1 fully saturated rings. The average Bonchev–Trinajstić information content (AvgIpc) is 3.04. The van der Waals surface area contributed by atoms with Gasteiger partial charge in [-0.3, -0.25) is 9.59 Å². The third-order valence-electron chi connectivity index (χ3n) is 4.22. The van der Waals surface area contributed by atoms with Gasteiger partial charge in [-0.1, -0.05) is 18.2 Å². The van der Waals surface area contributed by atoms with Crippen molar-refractivity contribution in [2.75, 3.05) is 5.32 Å². The van der Waals surface area contributed by atoms with Crippen molar-refractivity contribution in [2.24, 2.45) is 5.92 Å². The van der Waals surface area contributed by atoms with Crippen molar-refractivity contribution in [3.05, 3.63) is 29.8 Å². The topological polar surface area (TPSA) is 78.4 Å². The summed E-state index contributed by atoms with van der Waals surface area (Å²) < 4.78 is 0. The van der Waals surface area contributed by atoms with Gasteiger partial charge in [0.1, 0.15) is 6.04 Å². The standard InChI is InChI=1S/C15H18N2O3/c18-14(16-11-6-5-10(7-11)15(19)20)13-8-9-3-1-2-4-12(9)17-13/h1-4,10-11,13,17H,5-8H2,(H,16,18)(H,19,20)/t10-,11+,13+/m1/s1. The lowest BCUT2D eigenvalue weighted by atomic mass is 10.1. The molecule has 0 radical (unpaired) electrons. The first-order valence-corrected chi connectivity index (χ1v) is 7.01. The monoisotopic (exact) mass is 274 g/mol. The lowest BCUT2D eigenvalue weighted by molar-refractivity contribution is -0.141. The molecule has 5 heteroatoms. The molecule has 0 aromatic heterocycles. The lowest BCUT2D eigenvalue weighted by Crippen LogP contribution is -2.43. The van der Waals surface area contributed by atoms with Crippen LogP contribution in [-0.2, 0) is 16.0 Å². The highest BCUT2D eigenvalue weighted by Gasteiger charge is 2.33. The molecule has 0 bridgehead atoms. The van der Waals surface area contributed by atoms with Gasteiger partial charge >= 0.3 is 5.97 Å². The minimum atomic E-state index is -0.756. The summed E-state index contributed by atoms with van der Waals surface area (Å²) in [6.45, 7) is 0. The molecule has 3 rings (SSSR count). The Hall–Kier alpha value is -2.04. The van der Waals surface area contributed by atoms with Crippen molar-refractivity contribution in [1.82, 2.24) is 5.32 Å². The van der Waals surface area contributed by atoms with Crippen molar-refractivity contribution < 1.29 is 14.7 Å². The van der Waals surface area contributed by atoms with Crippen LogP contribution in [0, 0.1) is 5.92 Å². The van der Waals surface area contributed by atoms with Crippen LogP contribution in [0.15, 0.2) is 24.3 Å². The van der Waals surface area contributed by atoms with E-state index in [0.717, 1.165) is 17.7 Å². The number of hydrogen-bond acceptors (Lipinski definition) is 3. The van der Waals surface area contributed by atoms with Gasteiger partial charge in [0.15, 0.2) is 0 Å². The number of benzene rings is 1. The Bertz CT molecular complexity index is 519. The Morgan fingerprint density at radius 1 is 1.25 bits per heavy atom. The SMILES string of the molecule is O=C(O)[C@@H]1CC[C@H](NC(=O)[C@@H]2Cc3ccccc3N2)C1. The largest absolute Gasteiger partial charge is 0.481 e. The second kappa shape index (κ2) is 5.15. The van der Waals surface area contributed by atoms with Crippen LogP contribution < -0.4 is 10.6 Å². The Morgan fingerprint density at radius 3 is 2.75 bits per heavy atom. The molecule has 1 aromatic carbocycles. The number of fused-ring (bicyclic) bond motifs is 1. The number of carboxylic acids is 1. The molecule has 0 spiro atoms.